The number of nitrogens with zero attached hydrogens (tertiary/aromatic N) is 1. The van der Waals surface area contributed by atoms with Crippen molar-refractivity contribution in [2.24, 2.45) is 5.92 Å². The van der Waals surface area contributed by atoms with Crippen LogP contribution in [0.15, 0.2) is 24.3 Å². The Morgan fingerprint density at radius 1 is 1.33 bits per heavy atom. The van der Waals surface area contributed by atoms with Crippen LogP contribution in [0.4, 0.5) is 5.69 Å². The van der Waals surface area contributed by atoms with E-state index in [1.54, 1.807) is 19.1 Å². The number of non-ortho nitro benzene ring substituents is 1. The van der Waals surface area contributed by atoms with E-state index in [1.165, 1.54) is 12.1 Å². The maximum absolute atomic E-state index is 11.4. The number of esters is 2. The lowest BCUT2D eigenvalue weighted by molar-refractivity contribution is -0.384. The van der Waals surface area contributed by atoms with Gasteiger partial charge in [0.2, 0.25) is 0 Å². The predicted octanol–water partition coefficient (Wildman–Crippen LogP) is 1.86. The summed E-state index contributed by atoms with van der Waals surface area (Å²) >= 11 is 0. The van der Waals surface area contributed by atoms with Crippen LogP contribution < -0.4 is 0 Å². The minimum Gasteiger partial charge on any atom is -0.393 e. The van der Waals surface area contributed by atoms with Crippen molar-refractivity contribution in [3.8, 4) is 0 Å². The number of rotatable bonds is 4. The van der Waals surface area contributed by atoms with Gasteiger partial charge in [-0.3, -0.25) is 19.7 Å². The summed E-state index contributed by atoms with van der Waals surface area (Å²) in [4.78, 5) is 32.0. The average molecular weight is 251 g/mol. The largest absolute Gasteiger partial charge is 0.393 e. The van der Waals surface area contributed by atoms with E-state index in [-0.39, 0.29) is 5.69 Å². The number of hydrogen-bond donors (Lipinski definition) is 0. The molecule has 0 saturated carbocycles. The highest BCUT2D eigenvalue weighted by molar-refractivity contribution is 5.85. The van der Waals surface area contributed by atoms with Gasteiger partial charge in [-0.2, -0.15) is 0 Å². The Balaban J connectivity index is 2.64. The van der Waals surface area contributed by atoms with E-state index in [2.05, 4.69) is 4.74 Å². The second-order valence-electron chi connectivity index (χ2n) is 3.94. The van der Waals surface area contributed by atoms with Crippen molar-refractivity contribution < 1.29 is 19.2 Å². The van der Waals surface area contributed by atoms with Crippen molar-refractivity contribution in [2.45, 2.75) is 20.3 Å². The van der Waals surface area contributed by atoms with Gasteiger partial charge >= 0.3 is 11.9 Å². The molecule has 96 valence electrons. The fourth-order valence-corrected chi connectivity index (χ4v) is 1.43. The van der Waals surface area contributed by atoms with Crippen molar-refractivity contribution in [2.75, 3.05) is 0 Å². The number of hydrogen-bond acceptors (Lipinski definition) is 5. The van der Waals surface area contributed by atoms with Crippen LogP contribution in [0.1, 0.15) is 19.4 Å². The Labute approximate surface area is 104 Å². The molecule has 0 N–H and O–H groups in total. The highest BCUT2D eigenvalue weighted by atomic mass is 16.6. The van der Waals surface area contributed by atoms with Gasteiger partial charge in [0.1, 0.15) is 0 Å². The molecule has 1 rings (SSSR count). The van der Waals surface area contributed by atoms with Gasteiger partial charge in [-0.1, -0.05) is 19.1 Å². The third-order valence-corrected chi connectivity index (χ3v) is 2.34. The zero-order chi connectivity index (χ0) is 13.7. The Morgan fingerprint density at radius 2 is 1.89 bits per heavy atom. The van der Waals surface area contributed by atoms with Gasteiger partial charge in [-0.05, 0) is 12.0 Å². The molecule has 0 fully saturated rings. The standard InChI is InChI=1S/C12H13NO5/c1-8(12(15)18-9(2)14)7-10-3-5-11(6-4-10)13(16)17/h3-6,8H,7H2,1-2H3. The lowest BCUT2D eigenvalue weighted by Crippen LogP contribution is -2.19. The highest BCUT2D eigenvalue weighted by Gasteiger charge is 2.17. The maximum atomic E-state index is 11.4. The number of nitro benzene ring substituents is 1. The molecule has 0 saturated heterocycles. The third kappa shape index (κ3) is 3.97. The summed E-state index contributed by atoms with van der Waals surface area (Å²) in [5.41, 5.74) is 0.770. The molecule has 0 spiro atoms. The number of benzene rings is 1. The number of carbonyl (C=O) groups excluding carboxylic acids is 2. The minimum absolute atomic E-state index is 0.00212. The maximum Gasteiger partial charge on any atom is 0.316 e. The smallest absolute Gasteiger partial charge is 0.316 e. The van der Waals surface area contributed by atoms with Crippen molar-refractivity contribution in [3.63, 3.8) is 0 Å². The van der Waals surface area contributed by atoms with E-state index in [9.17, 15) is 19.7 Å². The third-order valence-electron chi connectivity index (χ3n) is 2.34. The topological polar surface area (TPSA) is 86.5 Å². The molecular weight excluding hydrogens is 238 g/mol. The van der Waals surface area contributed by atoms with E-state index >= 15 is 0 Å². The molecule has 0 aromatic heterocycles. The van der Waals surface area contributed by atoms with Gasteiger partial charge in [0.05, 0.1) is 10.8 Å². The van der Waals surface area contributed by atoms with Crippen molar-refractivity contribution in [1.29, 1.82) is 0 Å². The van der Waals surface area contributed by atoms with Crippen LogP contribution >= 0.6 is 0 Å². The molecule has 0 aliphatic rings. The number of nitro groups is 1. The van der Waals surface area contributed by atoms with E-state index in [1.807, 2.05) is 0 Å². The Kier molecular flexibility index (Phi) is 4.53. The highest BCUT2D eigenvalue weighted by Crippen LogP contribution is 2.15. The molecule has 18 heavy (non-hydrogen) atoms. The van der Waals surface area contributed by atoms with E-state index < -0.39 is 22.8 Å². The molecule has 1 atom stereocenters. The van der Waals surface area contributed by atoms with Crippen LogP contribution in [0.25, 0.3) is 0 Å². The molecular formula is C12H13NO5. The number of ether oxygens (including phenoxy) is 1. The molecule has 0 aliphatic carbocycles. The molecule has 6 nitrogen and oxygen atoms in total. The quantitative estimate of drug-likeness (QED) is 0.353. The van der Waals surface area contributed by atoms with Gasteiger partial charge in [-0.25, -0.2) is 0 Å². The van der Waals surface area contributed by atoms with Crippen LogP contribution in [0.3, 0.4) is 0 Å². The van der Waals surface area contributed by atoms with Crippen LogP contribution in [0.2, 0.25) is 0 Å². The fraction of sp³-hybridized carbons (Fsp3) is 0.333. The number of carbonyl (C=O) groups is 2. The second-order valence-corrected chi connectivity index (χ2v) is 3.94. The van der Waals surface area contributed by atoms with E-state index in [0.717, 1.165) is 12.5 Å². The van der Waals surface area contributed by atoms with Gasteiger partial charge in [0, 0.05) is 19.1 Å². The molecule has 1 unspecified atom stereocenters. The Morgan fingerprint density at radius 3 is 2.33 bits per heavy atom. The van der Waals surface area contributed by atoms with E-state index in [4.69, 9.17) is 0 Å². The molecule has 0 radical (unpaired) electrons. The van der Waals surface area contributed by atoms with Crippen molar-refractivity contribution in [3.05, 3.63) is 39.9 Å². The summed E-state index contributed by atoms with van der Waals surface area (Å²) in [5.74, 6) is -1.72. The second kappa shape index (κ2) is 5.90. The van der Waals surface area contributed by atoms with E-state index in [0.29, 0.717) is 6.42 Å². The monoisotopic (exact) mass is 251 g/mol. The summed E-state index contributed by atoms with van der Waals surface area (Å²) in [5, 5.41) is 10.5. The van der Waals surface area contributed by atoms with Crippen LogP contribution in [-0.2, 0) is 20.7 Å². The molecule has 0 amide bonds. The summed E-state index contributed by atoms with van der Waals surface area (Å²) in [7, 11) is 0. The SMILES string of the molecule is CC(=O)OC(=O)C(C)Cc1ccc([N+](=O)[O-])cc1. The van der Waals surface area contributed by atoms with Crippen molar-refractivity contribution >= 4 is 17.6 Å². The van der Waals surface area contributed by atoms with Gasteiger partial charge in [0.25, 0.3) is 5.69 Å². The Hall–Kier alpha value is -2.24. The van der Waals surface area contributed by atoms with Gasteiger partial charge < -0.3 is 4.74 Å². The fourth-order valence-electron chi connectivity index (χ4n) is 1.43. The van der Waals surface area contributed by atoms with Crippen LogP contribution in [-0.4, -0.2) is 16.9 Å². The van der Waals surface area contributed by atoms with Crippen LogP contribution in [0.5, 0.6) is 0 Å². The van der Waals surface area contributed by atoms with Crippen molar-refractivity contribution in [1.82, 2.24) is 0 Å². The zero-order valence-corrected chi connectivity index (χ0v) is 10.1. The first-order chi connectivity index (χ1) is 8.40. The predicted molar refractivity (Wildman–Crippen MR) is 62.7 cm³/mol. The summed E-state index contributed by atoms with van der Waals surface area (Å²) in [6.07, 6.45) is 0.365. The van der Waals surface area contributed by atoms with Gasteiger partial charge in [-0.15, -0.1) is 0 Å². The summed E-state index contributed by atoms with van der Waals surface area (Å²) < 4.78 is 4.46. The summed E-state index contributed by atoms with van der Waals surface area (Å²) in [6, 6.07) is 5.90. The van der Waals surface area contributed by atoms with Gasteiger partial charge in [0.15, 0.2) is 0 Å². The molecule has 6 heteroatoms. The molecule has 0 bridgehead atoms. The lowest BCUT2D eigenvalue weighted by atomic mass is 10.0. The average Bonchev–Trinajstić information content (AvgIpc) is 2.28. The zero-order valence-electron chi connectivity index (χ0n) is 10.1. The lowest BCUT2D eigenvalue weighted by Gasteiger charge is -2.09. The molecule has 1 aromatic rings. The normalized spacial score (nSPS) is 11.7. The first kappa shape index (κ1) is 13.8. The Bertz CT molecular complexity index is 466. The minimum atomic E-state index is -0.643. The molecule has 0 heterocycles. The van der Waals surface area contributed by atoms with Crippen LogP contribution in [0, 0.1) is 16.0 Å². The first-order valence-electron chi connectivity index (χ1n) is 5.35. The summed E-state index contributed by atoms with van der Waals surface area (Å²) in [6.45, 7) is 2.79. The molecule has 0 aliphatic heterocycles. The first-order valence-corrected chi connectivity index (χ1v) is 5.35. The molecule has 1 aromatic carbocycles.